The number of rotatable bonds is 6. The lowest BCUT2D eigenvalue weighted by Gasteiger charge is -2.28. The fourth-order valence-electron chi connectivity index (χ4n) is 2.96. The highest BCUT2D eigenvalue weighted by Gasteiger charge is 2.32. The highest BCUT2D eigenvalue weighted by Crippen LogP contribution is 2.31. The summed E-state index contributed by atoms with van der Waals surface area (Å²) in [7, 11) is 0. The van der Waals surface area contributed by atoms with Gasteiger partial charge in [0.1, 0.15) is 5.75 Å². The Kier molecular flexibility index (Phi) is 7.06. The standard InChI is InChI=1S/C19H21ClF3N5O3/c1-11(10-29)26-17-24-8-13-4-5-28(9-15(13)27-17)18(30)25-7-12-2-3-14(20)16(6-12)31-19(21,22)23/h2-3,6,8,11,29H,4-5,7,9-10H2,1H3,(H,25,30)(H,24,26,27). The number of hydrogen-bond donors (Lipinski definition) is 3. The van der Waals surface area contributed by atoms with Crippen LogP contribution < -0.4 is 15.4 Å². The summed E-state index contributed by atoms with van der Waals surface area (Å²) in [5, 5.41) is 14.6. The van der Waals surface area contributed by atoms with Gasteiger partial charge in [0.05, 0.1) is 23.9 Å². The second kappa shape index (κ2) is 9.56. The van der Waals surface area contributed by atoms with Crippen molar-refractivity contribution in [3.05, 3.63) is 46.2 Å². The number of nitrogens with one attached hydrogen (secondary N) is 2. The van der Waals surface area contributed by atoms with E-state index >= 15 is 0 Å². The Hall–Kier alpha value is -2.79. The molecule has 1 aliphatic rings. The van der Waals surface area contributed by atoms with Crippen LogP contribution in [0.4, 0.5) is 23.9 Å². The first kappa shape index (κ1) is 22.9. The van der Waals surface area contributed by atoms with Gasteiger partial charge in [-0.05, 0) is 36.6 Å². The van der Waals surface area contributed by atoms with Crippen molar-refractivity contribution in [2.45, 2.75) is 38.8 Å². The Balaban J connectivity index is 1.61. The Morgan fingerprint density at radius 3 is 2.90 bits per heavy atom. The highest BCUT2D eigenvalue weighted by atomic mass is 35.5. The van der Waals surface area contributed by atoms with Crippen molar-refractivity contribution in [3.63, 3.8) is 0 Å². The normalized spacial score (nSPS) is 14.6. The number of carbonyl (C=O) groups is 1. The quantitative estimate of drug-likeness (QED) is 0.614. The number of ether oxygens (including phenoxy) is 1. The summed E-state index contributed by atoms with van der Waals surface area (Å²) in [5.41, 5.74) is 2.02. The van der Waals surface area contributed by atoms with Gasteiger partial charge in [-0.15, -0.1) is 13.2 Å². The molecule has 0 saturated heterocycles. The molecule has 0 bridgehead atoms. The number of hydrogen-bond acceptors (Lipinski definition) is 6. The summed E-state index contributed by atoms with van der Waals surface area (Å²) in [5.74, 6) is -0.164. The second-order valence-corrected chi connectivity index (χ2v) is 7.44. The molecule has 2 amide bonds. The molecule has 1 atom stereocenters. The van der Waals surface area contributed by atoms with Crippen molar-refractivity contribution in [1.82, 2.24) is 20.2 Å². The Labute approximate surface area is 181 Å². The summed E-state index contributed by atoms with van der Waals surface area (Å²) < 4.78 is 41.3. The number of nitrogens with zero attached hydrogens (tertiary/aromatic N) is 3. The van der Waals surface area contributed by atoms with Gasteiger partial charge in [-0.1, -0.05) is 17.7 Å². The molecule has 168 valence electrons. The molecule has 1 aromatic carbocycles. The molecule has 12 heteroatoms. The number of benzene rings is 1. The molecule has 3 N–H and O–H groups in total. The number of anilines is 1. The van der Waals surface area contributed by atoms with Gasteiger partial charge in [0.15, 0.2) is 0 Å². The van der Waals surface area contributed by atoms with E-state index in [1.807, 2.05) is 0 Å². The van der Waals surface area contributed by atoms with Crippen LogP contribution in [-0.4, -0.2) is 51.6 Å². The second-order valence-electron chi connectivity index (χ2n) is 7.04. The summed E-state index contributed by atoms with van der Waals surface area (Å²) in [4.78, 5) is 22.7. The van der Waals surface area contributed by atoms with Crippen LogP contribution in [0.3, 0.4) is 0 Å². The lowest BCUT2D eigenvalue weighted by molar-refractivity contribution is -0.274. The molecular weight excluding hydrogens is 439 g/mol. The van der Waals surface area contributed by atoms with Crippen molar-refractivity contribution >= 4 is 23.6 Å². The van der Waals surface area contributed by atoms with Crippen LogP contribution >= 0.6 is 11.6 Å². The minimum Gasteiger partial charge on any atom is -0.404 e. The van der Waals surface area contributed by atoms with E-state index in [1.54, 1.807) is 18.0 Å². The van der Waals surface area contributed by atoms with E-state index in [1.165, 1.54) is 12.1 Å². The third-order valence-electron chi connectivity index (χ3n) is 4.55. The van der Waals surface area contributed by atoms with Gasteiger partial charge in [-0.3, -0.25) is 0 Å². The number of aliphatic hydroxyl groups excluding tert-OH is 1. The molecular formula is C19H21ClF3N5O3. The van der Waals surface area contributed by atoms with E-state index < -0.39 is 12.1 Å². The molecule has 2 heterocycles. The SMILES string of the molecule is CC(CO)Nc1ncc2c(n1)CN(C(=O)NCc1ccc(Cl)c(OC(F)(F)F)c1)CC2. The number of aliphatic hydroxyl groups is 1. The Bertz CT molecular complexity index is 944. The summed E-state index contributed by atoms with van der Waals surface area (Å²) in [6, 6.07) is 3.32. The zero-order chi connectivity index (χ0) is 22.6. The first-order valence-corrected chi connectivity index (χ1v) is 9.81. The number of aromatic nitrogens is 2. The number of halogens is 4. The number of amides is 2. The summed E-state index contributed by atoms with van der Waals surface area (Å²) in [6.07, 6.45) is -2.60. The van der Waals surface area contributed by atoms with Crippen LogP contribution in [-0.2, 0) is 19.5 Å². The average molecular weight is 460 g/mol. The molecule has 1 aliphatic heterocycles. The molecule has 1 unspecified atom stereocenters. The third-order valence-corrected chi connectivity index (χ3v) is 4.86. The lowest BCUT2D eigenvalue weighted by atomic mass is 10.1. The smallest absolute Gasteiger partial charge is 0.404 e. The molecule has 0 aliphatic carbocycles. The van der Waals surface area contributed by atoms with Crippen LogP contribution in [0, 0.1) is 0 Å². The van der Waals surface area contributed by atoms with Crippen molar-refractivity contribution in [2.24, 2.45) is 0 Å². The lowest BCUT2D eigenvalue weighted by Crippen LogP contribution is -2.42. The van der Waals surface area contributed by atoms with Crippen molar-refractivity contribution < 1.29 is 27.8 Å². The van der Waals surface area contributed by atoms with E-state index in [4.69, 9.17) is 16.7 Å². The molecule has 0 saturated carbocycles. The zero-order valence-electron chi connectivity index (χ0n) is 16.5. The van der Waals surface area contributed by atoms with Gasteiger partial charge in [0, 0.05) is 25.3 Å². The fraction of sp³-hybridized carbons (Fsp3) is 0.421. The molecule has 3 rings (SSSR count). The van der Waals surface area contributed by atoms with E-state index in [0.717, 1.165) is 11.6 Å². The van der Waals surface area contributed by atoms with Gasteiger partial charge < -0.3 is 25.4 Å². The predicted molar refractivity (Wildman–Crippen MR) is 107 cm³/mol. The van der Waals surface area contributed by atoms with Crippen molar-refractivity contribution in [2.75, 3.05) is 18.5 Å². The molecule has 0 spiro atoms. The summed E-state index contributed by atoms with van der Waals surface area (Å²) in [6.45, 7) is 2.41. The zero-order valence-corrected chi connectivity index (χ0v) is 17.3. The van der Waals surface area contributed by atoms with E-state index in [9.17, 15) is 18.0 Å². The average Bonchev–Trinajstić information content (AvgIpc) is 2.72. The summed E-state index contributed by atoms with van der Waals surface area (Å²) >= 11 is 5.74. The number of alkyl halides is 3. The fourth-order valence-corrected chi connectivity index (χ4v) is 3.12. The van der Waals surface area contributed by atoms with Crippen LogP contribution in [0.5, 0.6) is 5.75 Å². The maximum Gasteiger partial charge on any atom is 0.573 e. The number of fused-ring (bicyclic) bond motifs is 1. The van der Waals surface area contributed by atoms with Gasteiger partial charge in [0.2, 0.25) is 5.95 Å². The largest absolute Gasteiger partial charge is 0.573 e. The molecule has 1 aromatic heterocycles. The van der Waals surface area contributed by atoms with Gasteiger partial charge in [-0.25, -0.2) is 14.8 Å². The molecule has 31 heavy (non-hydrogen) atoms. The maximum absolute atomic E-state index is 12.6. The van der Waals surface area contributed by atoms with E-state index in [2.05, 4.69) is 25.3 Å². The van der Waals surface area contributed by atoms with Gasteiger partial charge in [0.25, 0.3) is 0 Å². The Morgan fingerprint density at radius 2 is 2.19 bits per heavy atom. The van der Waals surface area contributed by atoms with Crippen molar-refractivity contribution in [3.8, 4) is 5.75 Å². The Morgan fingerprint density at radius 1 is 1.42 bits per heavy atom. The number of carbonyl (C=O) groups excluding carboxylic acids is 1. The van der Waals surface area contributed by atoms with E-state index in [-0.39, 0.29) is 36.8 Å². The first-order valence-electron chi connectivity index (χ1n) is 9.43. The third kappa shape index (κ3) is 6.34. The van der Waals surface area contributed by atoms with Gasteiger partial charge >= 0.3 is 12.4 Å². The maximum atomic E-state index is 12.6. The first-order chi connectivity index (χ1) is 14.6. The van der Waals surface area contributed by atoms with E-state index in [0.29, 0.717) is 30.2 Å². The van der Waals surface area contributed by atoms with Gasteiger partial charge in [-0.2, -0.15) is 0 Å². The molecule has 2 aromatic rings. The monoisotopic (exact) mass is 459 g/mol. The van der Waals surface area contributed by atoms with Crippen LogP contribution in [0.1, 0.15) is 23.7 Å². The number of urea groups is 1. The molecule has 0 fully saturated rings. The van der Waals surface area contributed by atoms with Crippen LogP contribution in [0.15, 0.2) is 24.4 Å². The minimum atomic E-state index is -4.86. The minimum absolute atomic E-state index is 0.00181. The molecule has 8 nitrogen and oxygen atoms in total. The highest BCUT2D eigenvalue weighted by molar-refractivity contribution is 6.32. The van der Waals surface area contributed by atoms with Crippen molar-refractivity contribution in [1.29, 1.82) is 0 Å². The van der Waals surface area contributed by atoms with Crippen LogP contribution in [0.25, 0.3) is 0 Å². The predicted octanol–water partition coefficient (Wildman–Crippen LogP) is 3.09. The molecule has 0 radical (unpaired) electrons. The van der Waals surface area contributed by atoms with Crippen LogP contribution in [0.2, 0.25) is 5.02 Å². The topological polar surface area (TPSA) is 99.6 Å².